The molecule has 2 rings (SSSR count). The number of ether oxygens (including phenoxy) is 3. The Morgan fingerprint density at radius 1 is 1.21 bits per heavy atom. The monoisotopic (exact) mass is 265 g/mol. The van der Waals surface area contributed by atoms with Crippen LogP contribution in [0.3, 0.4) is 0 Å². The fourth-order valence-corrected chi connectivity index (χ4v) is 2.09. The van der Waals surface area contributed by atoms with Gasteiger partial charge in [0.15, 0.2) is 11.5 Å². The second kappa shape index (κ2) is 5.09. The summed E-state index contributed by atoms with van der Waals surface area (Å²) in [4.78, 5) is 10.8. The number of carboxylic acids is 1. The lowest BCUT2D eigenvalue weighted by atomic mass is 10.2. The smallest absolute Gasteiger partial charge is 0.323 e. The van der Waals surface area contributed by atoms with Gasteiger partial charge >= 0.3 is 5.97 Å². The Hall–Kier alpha value is -2.37. The number of hydrogen-bond donors (Lipinski definition) is 1. The molecule has 0 saturated carbocycles. The largest absolute Gasteiger partial charge is 0.493 e. The maximum absolute atomic E-state index is 10.8. The van der Waals surface area contributed by atoms with Crippen LogP contribution < -0.4 is 14.2 Å². The summed E-state index contributed by atoms with van der Waals surface area (Å²) in [6, 6.07) is 3.53. The van der Waals surface area contributed by atoms with Gasteiger partial charge in [0.1, 0.15) is 6.54 Å². The van der Waals surface area contributed by atoms with Crippen molar-refractivity contribution >= 4 is 16.9 Å². The Labute approximate surface area is 110 Å². The van der Waals surface area contributed by atoms with E-state index in [-0.39, 0.29) is 6.54 Å². The minimum Gasteiger partial charge on any atom is -0.493 e. The molecule has 0 saturated heterocycles. The molecule has 0 aliphatic carbocycles. The normalized spacial score (nSPS) is 10.5. The third-order valence-electron chi connectivity index (χ3n) is 2.88. The summed E-state index contributed by atoms with van der Waals surface area (Å²) >= 11 is 0. The van der Waals surface area contributed by atoms with Crippen molar-refractivity contribution in [3.05, 3.63) is 18.3 Å². The van der Waals surface area contributed by atoms with E-state index in [1.165, 1.54) is 21.3 Å². The van der Waals surface area contributed by atoms with Crippen LogP contribution >= 0.6 is 0 Å². The summed E-state index contributed by atoms with van der Waals surface area (Å²) < 4.78 is 17.5. The van der Waals surface area contributed by atoms with Crippen LogP contribution in [0.15, 0.2) is 18.3 Å². The zero-order chi connectivity index (χ0) is 14.0. The molecule has 1 N–H and O–H groups in total. The zero-order valence-electron chi connectivity index (χ0n) is 11.0. The Kier molecular flexibility index (Phi) is 3.50. The number of carboxylic acid groups (broad SMARTS) is 1. The maximum atomic E-state index is 10.8. The lowest BCUT2D eigenvalue weighted by Crippen LogP contribution is -2.07. The summed E-state index contributed by atoms with van der Waals surface area (Å²) in [5, 5.41) is 9.67. The molecule has 6 heteroatoms. The minimum absolute atomic E-state index is 0.123. The van der Waals surface area contributed by atoms with Crippen molar-refractivity contribution in [3.8, 4) is 17.2 Å². The van der Waals surface area contributed by atoms with E-state index in [1.807, 2.05) is 0 Å². The minimum atomic E-state index is -0.911. The van der Waals surface area contributed by atoms with Crippen molar-refractivity contribution in [2.75, 3.05) is 21.3 Å². The molecule has 1 aromatic carbocycles. The number of nitrogens with zero attached hydrogens (tertiary/aromatic N) is 1. The highest BCUT2D eigenvalue weighted by molar-refractivity contribution is 5.92. The Morgan fingerprint density at radius 2 is 1.89 bits per heavy atom. The van der Waals surface area contributed by atoms with E-state index in [0.29, 0.717) is 17.2 Å². The number of carbonyl (C=O) groups is 1. The van der Waals surface area contributed by atoms with Crippen LogP contribution in [0.25, 0.3) is 10.9 Å². The summed E-state index contributed by atoms with van der Waals surface area (Å²) in [7, 11) is 4.58. The van der Waals surface area contributed by atoms with Crippen LogP contribution in [-0.2, 0) is 11.3 Å². The molecular weight excluding hydrogens is 250 g/mol. The zero-order valence-corrected chi connectivity index (χ0v) is 11.0. The first-order valence-electron chi connectivity index (χ1n) is 5.62. The molecule has 1 heterocycles. The second-order valence-electron chi connectivity index (χ2n) is 3.92. The van der Waals surface area contributed by atoms with Crippen molar-refractivity contribution in [2.45, 2.75) is 6.54 Å². The fraction of sp³-hybridized carbons (Fsp3) is 0.308. The van der Waals surface area contributed by atoms with Crippen LogP contribution in [-0.4, -0.2) is 37.0 Å². The van der Waals surface area contributed by atoms with Crippen molar-refractivity contribution in [1.29, 1.82) is 0 Å². The predicted molar refractivity (Wildman–Crippen MR) is 69.2 cm³/mol. The first-order valence-corrected chi connectivity index (χ1v) is 5.62. The van der Waals surface area contributed by atoms with Gasteiger partial charge < -0.3 is 23.9 Å². The molecule has 6 nitrogen and oxygen atoms in total. The molecule has 0 bridgehead atoms. The summed E-state index contributed by atoms with van der Waals surface area (Å²) in [5.74, 6) is 0.606. The molecule has 19 heavy (non-hydrogen) atoms. The van der Waals surface area contributed by atoms with Gasteiger partial charge in [-0.2, -0.15) is 0 Å². The van der Waals surface area contributed by atoms with Crippen molar-refractivity contribution in [2.24, 2.45) is 0 Å². The van der Waals surface area contributed by atoms with Gasteiger partial charge in [0.05, 0.1) is 26.8 Å². The molecule has 0 unspecified atom stereocenters. The highest BCUT2D eigenvalue weighted by Gasteiger charge is 2.18. The number of aromatic nitrogens is 1. The van der Waals surface area contributed by atoms with E-state index in [0.717, 1.165) is 10.9 Å². The van der Waals surface area contributed by atoms with E-state index >= 15 is 0 Å². The second-order valence-corrected chi connectivity index (χ2v) is 3.92. The SMILES string of the molecule is COc1cc2c(ccn2CC(=O)O)c(OC)c1OC. The first-order chi connectivity index (χ1) is 9.12. The van der Waals surface area contributed by atoms with E-state index in [2.05, 4.69) is 0 Å². The summed E-state index contributed by atoms with van der Waals surface area (Å²) in [6.45, 7) is -0.123. The molecule has 0 fully saturated rings. The Balaban J connectivity index is 2.71. The van der Waals surface area contributed by atoms with Gasteiger partial charge in [-0.25, -0.2) is 0 Å². The molecule has 2 aromatic rings. The van der Waals surface area contributed by atoms with Gasteiger partial charge in [-0.3, -0.25) is 4.79 Å². The average Bonchev–Trinajstić information content (AvgIpc) is 2.78. The third-order valence-corrected chi connectivity index (χ3v) is 2.88. The Morgan fingerprint density at radius 3 is 2.42 bits per heavy atom. The van der Waals surface area contributed by atoms with Gasteiger partial charge in [-0.1, -0.05) is 0 Å². The number of aliphatic carboxylic acids is 1. The maximum Gasteiger partial charge on any atom is 0.323 e. The van der Waals surface area contributed by atoms with Gasteiger partial charge in [0, 0.05) is 17.6 Å². The van der Waals surface area contributed by atoms with E-state index in [1.54, 1.807) is 22.9 Å². The van der Waals surface area contributed by atoms with E-state index in [4.69, 9.17) is 19.3 Å². The van der Waals surface area contributed by atoms with E-state index < -0.39 is 5.97 Å². The van der Waals surface area contributed by atoms with Crippen LogP contribution in [0.4, 0.5) is 0 Å². The van der Waals surface area contributed by atoms with Crippen molar-refractivity contribution in [1.82, 2.24) is 4.57 Å². The Bertz CT molecular complexity index is 617. The highest BCUT2D eigenvalue weighted by atomic mass is 16.5. The summed E-state index contributed by atoms with van der Waals surface area (Å²) in [6.07, 6.45) is 1.69. The molecule has 0 amide bonds. The van der Waals surface area contributed by atoms with Gasteiger partial charge in [0.25, 0.3) is 0 Å². The molecule has 0 atom stereocenters. The molecule has 102 valence electrons. The number of fused-ring (bicyclic) bond motifs is 1. The number of methoxy groups -OCH3 is 3. The summed E-state index contributed by atoms with van der Waals surface area (Å²) in [5.41, 5.74) is 0.719. The molecule has 0 aliphatic rings. The van der Waals surface area contributed by atoms with Crippen molar-refractivity contribution < 1.29 is 24.1 Å². The molecule has 0 radical (unpaired) electrons. The van der Waals surface area contributed by atoms with Crippen LogP contribution in [0.2, 0.25) is 0 Å². The quantitative estimate of drug-likeness (QED) is 0.891. The lowest BCUT2D eigenvalue weighted by molar-refractivity contribution is -0.137. The predicted octanol–water partition coefficient (Wildman–Crippen LogP) is 1.75. The number of rotatable bonds is 5. The molecule has 0 aliphatic heterocycles. The van der Waals surface area contributed by atoms with Gasteiger partial charge in [-0.15, -0.1) is 0 Å². The average molecular weight is 265 g/mol. The molecular formula is C13H15NO5. The van der Waals surface area contributed by atoms with Crippen LogP contribution in [0.1, 0.15) is 0 Å². The first kappa shape index (κ1) is 13.1. The molecule has 0 spiro atoms. The standard InChI is InChI=1S/C13H15NO5/c1-17-10-6-9-8(12(18-2)13(10)19-3)4-5-14(9)7-11(15)16/h4-6H,7H2,1-3H3,(H,15,16). The van der Waals surface area contributed by atoms with E-state index in [9.17, 15) is 4.79 Å². The number of benzene rings is 1. The van der Waals surface area contributed by atoms with Crippen LogP contribution in [0, 0.1) is 0 Å². The van der Waals surface area contributed by atoms with Gasteiger partial charge in [-0.05, 0) is 6.07 Å². The van der Waals surface area contributed by atoms with Crippen molar-refractivity contribution in [3.63, 3.8) is 0 Å². The topological polar surface area (TPSA) is 69.9 Å². The highest BCUT2D eigenvalue weighted by Crippen LogP contribution is 2.43. The molecule has 1 aromatic heterocycles. The number of hydrogen-bond acceptors (Lipinski definition) is 4. The fourth-order valence-electron chi connectivity index (χ4n) is 2.09. The third kappa shape index (κ3) is 2.16. The lowest BCUT2D eigenvalue weighted by Gasteiger charge is -2.13. The van der Waals surface area contributed by atoms with Gasteiger partial charge in [0.2, 0.25) is 5.75 Å². The van der Waals surface area contributed by atoms with Crippen LogP contribution in [0.5, 0.6) is 17.2 Å².